The van der Waals surface area contributed by atoms with E-state index in [0.717, 1.165) is 5.39 Å². The summed E-state index contributed by atoms with van der Waals surface area (Å²) < 4.78 is 42.4. The van der Waals surface area contributed by atoms with E-state index in [1.165, 1.54) is 13.2 Å². The summed E-state index contributed by atoms with van der Waals surface area (Å²) in [5.74, 6) is -1.48. The minimum Gasteiger partial charge on any atom is -0.495 e. The van der Waals surface area contributed by atoms with Gasteiger partial charge >= 0.3 is 6.09 Å². The number of carbonyl (C=O) groups is 1. The van der Waals surface area contributed by atoms with Crippen LogP contribution in [0.4, 0.5) is 25.0 Å². The third kappa shape index (κ3) is 4.35. The number of hydrogen-bond donors (Lipinski definition) is 3. The first kappa shape index (κ1) is 24.9. The van der Waals surface area contributed by atoms with Gasteiger partial charge < -0.3 is 19.8 Å². The van der Waals surface area contributed by atoms with Crippen LogP contribution < -0.4 is 15.4 Å². The largest absolute Gasteiger partial charge is 0.495 e. The van der Waals surface area contributed by atoms with Crippen LogP contribution in [0.15, 0.2) is 54.7 Å². The van der Waals surface area contributed by atoms with Gasteiger partial charge in [0.05, 0.1) is 28.8 Å². The van der Waals surface area contributed by atoms with E-state index in [4.69, 9.17) is 21.1 Å². The maximum atomic E-state index is 16.1. The summed E-state index contributed by atoms with van der Waals surface area (Å²) in [6.07, 6.45) is 0.228. The summed E-state index contributed by atoms with van der Waals surface area (Å²) in [6, 6.07) is 13.3. The van der Waals surface area contributed by atoms with E-state index in [0.29, 0.717) is 33.2 Å². The molecule has 0 aliphatic carbocycles. The standard InChI is InChI=1S/C28H26ClF2N3O3/c1-14-22-20(13-19(30)23(24(22)31)17-7-5-6-15-10-11-32-25(15)17)34-28(2,3)26(14)37-27(35)33-16-8-9-21(36-4)18(29)12-16/h5-14,26,32,34H,1-4H3,(H,33,35). The highest BCUT2D eigenvalue weighted by molar-refractivity contribution is 6.32. The number of anilines is 2. The SMILES string of the molecule is COc1ccc(NC(=O)OC2C(C)c3c(cc(F)c(-c4cccc5cc[nH]c45)c3F)NC2(C)C)cc1Cl. The van der Waals surface area contributed by atoms with Crippen molar-refractivity contribution in [3.63, 3.8) is 0 Å². The lowest BCUT2D eigenvalue weighted by Crippen LogP contribution is -2.52. The molecule has 1 aromatic heterocycles. The maximum Gasteiger partial charge on any atom is 0.412 e. The van der Waals surface area contributed by atoms with E-state index in [1.807, 2.05) is 26.0 Å². The molecular formula is C28H26ClF2N3O3. The van der Waals surface area contributed by atoms with Gasteiger partial charge in [-0.3, -0.25) is 5.32 Å². The Morgan fingerprint density at radius 3 is 2.65 bits per heavy atom. The highest BCUT2D eigenvalue weighted by atomic mass is 35.5. The molecule has 192 valence electrons. The molecule has 0 spiro atoms. The van der Waals surface area contributed by atoms with Crippen molar-refractivity contribution in [2.45, 2.75) is 38.3 Å². The molecule has 6 nitrogen and oxygen atoms in total. The van der Waals surface area contributed by atoms with Crippen molar-refractivity contribution < 1.29 is 23.0 Å². The number of benzene rings is 3. The second-order valence-corrected chi connectivity index (χ2v) is 10.1. The smallest absolute Gasteiger partial charge is 0.412 e. The third-order valence-electron chi connectivity index (χ3n) is 6.82. The van der Waals surface area contributed by atoms with Gasteiger partial charge in [-0.25, -0.2) is 13.6 Å². The zero-order chi connectivity index (χ0) is 26.5. The van der Waals surface area contributed by atoms with Crippen molar-refractivity contribution in [2.75, 3.05) is 17.7 Å². The molecule has 37 heavy (non-hydrogen) atoms. The molecule has 1 aliphatic rings. The Balaban J connectivity index is 1.49. The molecule has 0 fully saturated rings. The number of amides is 1. The molecule has 3 aromatic carbocycles. The van der Waals surface area contributed by atoms with Gasteiger partial charge in [-0.15, -0.1) is 0 Å². The fourth-order valence-electron chi connectivity index (χ4n) is 5.17. The molecule has 3 N–H and O–H groups in total. The van der Waals surface area contributed by atoms with Crippen molar-refractivity contribution >= 4 is 40.0 Å². The van der Waals surface area contributed by atoms with Crippen molar-refractivity contribution in [3.05, 3.63) is 76.9 Å². The fraction of sp³-hybridized carbons (Fsp3) is 0.250. The first-order chi connectivity index (χ1) is 17.6. The predicted octanol–water partition coefficient (Wildman–Crippen LogP) is 7.70. The number of methoxy groups -OCH3 is 1. The van der Waals surface area contributed by atoms with E-state index in [2.05, 4.69) is 15.6 Å². The molecule has 2 heterocycles. The molecule has 0 saturated heterocycles. The zero-order valence-corrected chi connectivity index (χ0v) is 21.5. The summed E-state index contributed by atoms with van der Waals surface area (Å²) in [4.78, 5) is 15.9. The van der Waals surface area contributed by atoms with Gasteiger partial charge in [0.15, 0.2) is 0 Å². The summed E-state index contributed by atoms with van der Waals surface area (Å²) in [5.41, 5.74) is 1.12. The van der Waals surface area contributed by atoms with E-state index >= 15 is 8.78 Å². The molecule has 0 saturated carbocycles. The molecule has 0 bridgehead atoms. The van der Waals surface area contributed by atoms with Crippen LogP contribution in [0.5, 0.6) is 5.75 Å². The summed E-state index contributed by atoms with van der Waals surface area (Å²) >= 11 is 6.15. The van der Waals surface area contributed by atoms with Crippen LogP contribution in [0.2, 0.25) is 5.02 Å². The Kier molecular flexibility index (Phi) is 6.23. The second kappa shape index (κ2) is 9.27. The van der Waals surface area contributed by atoms with Crippen molar-refractivity contribution in [1.29, 1.82) is 0 Å². The van der Waals surface area contributed by atoms with Gasteiger partial charge in [0.1, 0.15) is 23.5 Å². The number of aromatic amines is 1. The number of halogens is 3. The third-order valence-corrected chi connectivity index (χ3v) is 7.12. The Bertz CT molecular complexity index is 1520. The lowest BCUT2D eigenvalue weighted by atomic mass is 9.77. The van der Waals surface area contributed by atoms with Crippen molar-refractivity contribution in [3.8, 4) is 16.9 Å². The van der Waals surface area contributed by atoms with E-state index in [9.17, 15) is 4.79 Å². The number of carbonyl (C=O) groups excluding carboxylic acids is 1. The first-order valence-corrected chi connectivity index (χ1v) is 12.2. The first-order valence-electron chi connectivity index (χ1n) is 11.8. The molecule has 1 aliphatic heterocycles. The van der Waals surface area contributed by atoms with Crippen LogP contribution in [0.25, 0.3) is 22.0 Å². The average Bonchev–Trinajstić information content (AvgIpc) is 3.31. The summed E-state index contributed by atoms with van der Waals surface area (Å²) in [6.45, 7) is 5.40. The molecule has 2 atom stereocenters. The molecular weight excluding hydrogens is 500 g/mol. The number of para-hydroxylation sites is 1. The van der Waals surface area contributed by atoms with Crippen molar-refractivity contribution in [2.24, 2.45) is 0 Å². The molecule has 4 aromatic rings. The fourth-order valence-corrected chi connectivity index (χ4v) is 5.43. The highest BCUT2D eigenvalue weighted by Gasteiger charge is 2.45. The lowest BCUT2D eigenvalue weighted by Gasteiger charge is -2.44. The average molecular weight is 526 g/mol. The predicted molar refractivity (Wildman–Crippen MR) is 142 cm³/mol. The quantitative estimate of drug-likeness (QED) is 0.255. The minimum atomic E-state index is -0.818. The van der Waals surface area contributed by atoms with Gasteiger partial charge in [0, 0.05) is 34.6 Å². The van der Waals surface area contributed by atoms with Crippen LogP contribution in [0.3, 0.4) is 0 Å². The number of H-pyrrole nitrogens is 1. The van der Waals surface area contributed by atoms with Gasteiger partial charge in [-0.2, -0.15) is 0 Å². The monoisotopic (exact) mass is 525 g/mol. The highest BCUT2D eigenvalue weighted by Crippen LogP contribution is 2.46. The van der Waals surface area contributed by atoms with Gasteiger partial charge in [-0.1, -0.05) is 36.7 Å². The summed E-state index contributed by atoms with van der Waals surface area (Å²) in [7, 11) is 1.49. The topological polar surface area (TPSA) is 75.4 Å². The Hall–Kier alpha value is -3.78. The molecule has 9 heteroatoms. The number of rotatable bonds is 4. The number of nitrogens with one attached hydrogen (secondary N) is 3. The second-order valence-electron chi connectivity index (χ2n) is 9.69. The zero-order valence-electron chi connectivity index (χ0n) is 20.7. The lowest BCUT2D eigenvalue weighted by molar-refractivity contribution is 0.0561. The Labute approximate surface area is 217 Å². The van der Waals surface area contributed by atoms with Crippen LogP contribution in [0, 0.1) is 11.6 Å². The van der Waals surface area contributed by atoms with Crippen LogP contribution in [-0.2, 0) is 4.74 Å². The van der Waals surface area contributed by atoms with Gasteiger partial charge in [0.2, 0.25) is 0 Å². The van der Waals surface area contributed by atoms with Crippen LogP contribution in [0.1, 0.15) is 32.3 Å². The number of fused-ring (bicyclic) bond motifs is 2. The van der Waals surface area contributed by atoms with E-state index in [1.54, 1.807) is 43.5 Å². The minimum absolute atomic E-state index is 0.128. The summed E-state index contributed by atoms with van der Waals surface area (Å²) in [5, 5.41) is 7.00. The van der Waals surface area contributed by atoms with Crippen LogP contribution in [-0.4, -0.2) is 29.8 Å². The maximum absolute atomic E-state index is 16.1. The number of hydrogen-bond acceptors (Lipinski definition) is 4. The van der Waals surface area contributed by atoms with Crippen LogP contribution >= 0.6 is 11.6 Å². The molecule has 2 unspecified atom stereocenters. The Morgan fingerprint density at radius 2 is 1.92 bits per heavy atom. The number of aromatic nitrogens is 1. The van der Waals surface area contributed by atoms with Crippen molar-refractivity contribution in [1.82, 2.24) is 4.98 Å². The number of ether oxygens (including phenoxy) is 2. The van der Waals surface area contributed by atoms with Gasteiger partial charge in [0.25, 0.3) is 0 Å². The molecule has 1 amide bonds. The molecule has 0 radical (unpaired) electrons. The van der Waals surface area contributed by atoms with E-state index < -0.39 is 35.3 Å². The van der Waals surface area contributed by atoms with Gasteiger partial charge in [-0.05, 0) is 49.6 Å². The molecule has 5 rings (SSSR count). The van der Waals surface area contributed by atoms with E-state index in [-0.39, 0.29) is 11.1 Å². The normalized spacial score (nSPS) is 18.1. The Morgan fingerprint density at radius 1 is 1.14 bits per heavy atom.